The maximum absolute atomic E-state index is 9.43. The van der Waals surface area contributed by atoms with E-state index in [1.165, 1.54) is 0 Å². The summed E-state index contributed by atoms with van der Waals surface area (Å²) < 4.78 is 0. The predicted molar refractivity (Wildman–Crippen MR) is 49.3 cm³/mol. The number of pyridine rings is 1. The fourth-order valence-electron chi connectivity index (χ4n) is 1.23. The number of aromatic hydroxyl groups is 1. The Bertz CT molecular complexity index is 433. The van der Waals surface area contributed by atoms with Gasteiger partial charge in [0.05, 0.1) is 0 Å². The number of aromatic nitrogens is 1. The number of para-hydroxylation sites is 1. The van der Waals surface area contributed by atoms with Crippen LogP contribution in [0.25, 0.3) is 10.9 Å². The average molecular weight is 183 g/mol. The molecule has 1 aromatic carbocycles. The van der Waals surface area contributed by atoms with Crippen LogP contribution in [-0.2, 0) is 0 Å². The van der Waals surface area contributed by atoms with Crippen molar-refractivity contribution < 1.29 is 36.1 Å². The molecule has 2 nitrogen and oxygen atoms in total. The topological polar surface area (TPSA) is 33.1 Å². The molecular formula is C10H10NNaO. The monoisotopic (exact) mass is 183 g/mol. The molecule has 0 radical (unpaired) electrons. The van der Waals surface area contributed by atoms with Gasteiger partial charge < -0.3 is 6.53 Å². The molecule has 0 fully saturated rings. The molecule has 3 heteroatoms. The van der Waals surface area contributed by atoms with Crippen molar-refractivity contribution in [3.63, 3.8) is 0 Å². The second-order valence-electron chi connectivity index (χ2n) is 2.80. The van der Waals surface area contributed by atoms with E-state index < -0.39 is 0 Å². The number of fused-ring (bicyclic) bond motifs is 1. The number of rotatable bonds is 0. The second kappa shape index (κ2) is 4.09. The molecule has 13 heavy (non-hydrogen) atoms. The van der Waals surface area contributed by atoms with Gasteiger partial charge in [-0.1, -0.05) is 18.2 Å². The number of phenols is 1. The first-order valence-electron chi connectivity index (χ1n) is 3.83. The van der Waals surface area contributed by atoms with Crippen molar-refractivity contribution in [2.75, 3.05) is 0 Å². The maximum atomic E-state index is 9.43. The molecule has 0 aliphatic rings. The van der Waals surface area contributed by atoms with Gasteiger partial charge in [0.25, 0.3) is 0 Å². The summed E-state index contributed by atoms with van der Waals surface area (Å²) in [5, 5.41) is 10.4. The van der Waals surface area contributed by atoms with E-state index in [2.05, 4.69) is 4.98 Å². The summed E-state index contributed by atoms with van der Waals surface area (Å²) in [6, 6.07) is 9.28. The number of benzene rings is 1. The fourth-order valence-corrected chi connectivity index (χ4v) is 1.23. The number of hydrogen-bond donors (Lipinski definition) is 1. The molecule has 0 aliphatic carbocycles. The van der Waals surface area contributed by atoms with Crippen LogP contribution in [0.1, 0.15) is 7.12 Å². The van der Waals surface area contributed by atoms with E-state index in [-0.39, 0.29) is 36.7 Å². The zero-order valence-electron chi connectivity index (χ0n) is 8.78. The van der Waals surface area contributed by atoms with Crippen LogP contribution in [0.4, 0.5) is 0 Å². The first kappa shape index (κ1) is 10.5. The second-order valence-corrected chi connectivity index (χ2v) is 2.80. The molecule has 0 saturated carbocycles. The minimum atomic E-state index is 0. The molecule has 0 unspecified atom stereocenters. The minimum Gasteiger partial charge on any atom is -1.00 e. The summed E-state index contributed by atoms with van der Waals surface area (Å²) in [5.41, 5.74) is 1.60. The normalized spacial score (nSPS) is 9.62. The molecule has 2 aromatic rings. The van der Waals surface area contributed by atoms with E-state index in [0.717, 1.165) is 11.1 Å². The maximum Gasteiger partial charge on any atom is 1.00 e. The van der Waals surface area contributed by atoms with Crippen molar-refractivity contribution in [1.29, 1.82) is 0 Å². The van der Waals surface area contributed by atoms with Crippen LogP contribution >= 0.6 is 0 Å². The molecule has 0 spiro atoms. The van der Waals surface area contributed by atoms with Crippen molar-refractivity contribution in [1.82, 2.24) is 4.98 Å². The van der Waals surface area contributed by atoms with Gasteiger partial charge >= 0.3 is 29.6 Å². The van der Waals surface area contributed by atoms with Gasteiger partial charge in [-0.3, -0.25) is 0 Å². The molecule has 0 bridgehead atoms. The van der Waals surface area contributed by atoms with Crippen LogP contribution in [0.2, 0.25) is 0 Å². The van der Waals surface area contributed by atoms with Crippen LogP contribution in [-0.4, -0.2) is 10.1 Å². The Morgan fingerprint density at radius 2 is 2.00 bits per heavy atom. The Morgan fingerprint density at radius 1 is 1.23 bits per heavy atom. The number of aryl methyl sites for hydroxylation is 1. The number of nitrogens with zero attached hydrogens (tertiary/aromatic N) is 1. The Balaban J connectivity index is 0.000000845. The quantitative estimate of drug-likeness (QED) is 0.551. The molecule has 1 N–H and O–H groups in total. The molecule has 0 saturated heterocycles. The molecule has 62 valence electrons. The summed E-state index contributed by atoms with van der Waals surface area (Å²) >= 11 is 0. The Kier molecular flexibility index (Phi) is 3.31. The van der Waals surface area contributed by atoms with Crippen LogP contribution in [0, 0.1) is 6.92 Å². The molecule has 1 heterocycles. The number of phenolic OH excluding ortho intramolecular Hbond substituents is 1. The third-order valence-electron chi connectivity index (χ3n) is 1.84. The summed E-state index contributed by atoms with van der Waals surface area (Å²) in [6.45, 7) is 1.91. The van der Waals surface area contributed by atoms with E-state index in [1.54, 1.807) is 6.07 Å². The van der Waals surface area contributed by atoms with E-state index in [9.17, 15) is 5.11 Å². The third-order valence-corrected chi connectivity index (χ3v) is 1.84. The third kappa shape index (κ3) is 2.02. The molecule has 2 rings (SSSR count). The largest absolute Gasteiger partial charge is 1.00 e. The van der Waals surface area contributed by atoms with Gasteiger partial charge in [0.2, 0.25) is 0 Å². The van der Waals surface area contributed by atoms with Crippen molar-refractivity contribution >= 4 is 10.9 Å². The first-order chi connectivity index (χ1) is 5.77. The molecule has 0 amide bonds. The van der Waals surface area contributed by atoms with Gasteiger partial charge in [-0.25, -0.2) is 4.98 Å². The SMILES string of the molecule is Cc1ccc2cccc(O)c2n1.[H-].[Na+]. The molecular weight excluding hydrogens is 173 g/mol. The summed E-state index contributed by atoms with van der Waals surface area (Å²) in [4.78, 5) is 4.23. The van der Waals surface area contributed by atoms with Crippen LogP contribution in [0.3, 0.4) is 0 Å². The van der Waals surface area contributed by atoms with Gasteiger partial charge in [0, 0.05) is 11.1 Å². The molecule has 0 atom stereocenters. The van der Waals surface area contributed by atoms with E-state index in [4.69, 9.17) is 0 Å². The minimum absolute atomic E-state index is 0. The standard InChI is InChI=1S/C10H9NO.Na.H/c1-7-5-6-8-3-2-4-9(12)10(8)11-7;;/h2-6,12H,1H3;;/q;+1;-1. The van der Waals surface area contributed by atoms with Gasteiger partial charge in [0.1, 0.15) is 11.3 Å². The fraction of sp³-hybridized carbons (Fsp3) is 0.100. The van der Waals surface area contributed by atoms with E-state index in [0.29, 0.717) is 5.52 Å². The van der Waals surface area contributed by atoms with Crippen molar-refractivity contribution in [3.8, 4) is 5.75 Å². The zero-order chi connectivity index (χ0) is 8.55. The van der Waals surface area contributed by atoms with Gasteiger partial charge in [-0.2, -0.15) is 0 Å². The predicted octanol–water partition coefficient (Wildman–Crippen LogP) is -0.635. The summed E-state index contributed by atoms with van der Waals surface area (Å²) in [7, 11) is 0. The van der Waals surface area contributed by atoms with Crippen LogP contribution in [0.15, 0.2) is 30.3 Å². The number of hydrogen-bond acceptors (Lipinski definition) is 2. The molecule has 1 aromatic heterocycles. The van der Waals surface area contributed by atoms with Crippen LogP contribution in [0.5, 0.6) is 5.75 Å². The van der Waals surface area contributed by atoms with Gasteiger partial charge in [-0.15, -0.1) is 0 Å². The Hall–Kier alpha value is -0.570. The average Bonchev–Trinajstić information content (AvgIpc) is 2.07. The Morgan fingerprint density at radius 3 is 2.77 bits per heavy atom. The van der Waals surface area contributed by atoms with E-state index in [1.807, 2.05) is 31.2 Å². The smallest absolute Gasteiger partial charge is 1.00 e. The summed E-state index contributed by atoms with van der Waals surface area (Å²) in [6.07, 6.45) is 0. The van der Waals surface area contributed by atoms with Crippen LogP contribution < -0.4 is 29.6 Å². The van der Waals surface area contributed by atoms with Crippen molar-refractivity contribution in [2.45, 2.75) is 6.92 Å². The zero-order valence-corrected chi connectivity index (χ0v) is 9.78. The van der Waals surface area contributed by atoms with Crippen molar-refractivity contribution in [3.05, 3.63) is 36.0 Å². The van der Waals surface area contributed by atoms with Gasteiger partial charge in [-0.05, 0) is 19.1 Å². The summed E-state index contributed by atoms with van der Waals surface area (Å²) in [5.74, 6) is 0.246. The molecule has 0 aliphatic heterocycles. The Labute approximate surface area is 100 Å². The first-order valence-corrected chi connectivity index (χ1v) is 3.83. The van der Waals surface area contributed by atoms with E-state index >= 15 is 0 Å². The van der Waals surface area contributed by atoms with Crippen molar-refractivity contribution in [2.24, 2.45) is 0 Å². The van der Waals surface area contributed by atoms with Gasteiger partial charge in [0.15, 0.2) is 0 Å².